The summed E-state index contributed by atoms with van der Waals surface area (Å²) >= 11 is 0. The zero-order valence-electron chi connectivity index (χ0n) is 18.5. The number of benzene rings is 1. The van der Waals surface area contributed by atoms with Gasteiger partial charge in [-0.2, -0.15) is 0 Å². The van der Waals surface area contributed by atoms with Gasteiger partial charge in [0.25, 0.3) is 11.8 Å². The molecule has 0 aliphatic heterocycles. The highest BCUT2D eigenvalue weighted by atomic mass is 16.2. The third-order valence-corrected chi connectivity index (χ3v) is 4.70. The van der Waals surface area contributed by atoms with Crippen molar-refractivity contribution in [1.29, 1.82) is 0 Å². The van der Waals surface area contributed by atoms with Crippen LogP contribution in [0, 0.1) is 0 Å². The SMILES string of the molecule is CC(=O)N(C=O)CCCCNC(=O)c1ccc(C(=O)NCCCCN(C=O)C(C)=O)cc1. The summed E-state index contributed by atoms with van der Waals surface area (Å²) in [6, 6.07) is 6.23. The zero-order valence-corrected chi connectivity index (χ0v) is 18.5. The molecule has 1 aromatic rings. The van der Waals surface area contributed by atoms with E-state index in [4.69, 9.17) is 0 Å². The minimum absolute atomic E-state index is 0.277. The zero-order chi connectivity index (χ0) is 23.9. The maximum Gasteiger partial charge on any atom is 0.251 e. The molecule has 2 N–H and O–H groups in total. The topological polar surface area (TPSA) is 133 Å². The van der Waals surface area contributed by atoms with Crippen molar-refractivity contribution in [1.82, 2.24) is 20.4 Å². The van der Waals surface area contributed by atoms with E-state index in [0.717, 1.165) is 9.80 Å². The lowest BCUT2D eigenvalue weighted by Gasteiger charge is -2.13. The van der Waals surface area contributed by atoms with E-state index >= 15 is 0 Å². The van der Waals surface area contributed by atoms with E-state index in [0.29, 0.717) is 75.8 Å². The van der Waals surface area contributed by atoms with E-state index in [2.05, 4.69) is 10.6 Å². The number of rotatable bonds is 14. The number of amides is 6. The third kappa shape index (κ3) is 9.50. The van der Waals surface area contributed by atoms with Crippen molar-refractivity contribution in [3.63, 3.8) is 0 Å². The van der Waals surface area contributed by atoms with Gasteiger partial charge in [0.2, 0.25) is 24.6 Å². The molecule has 0 bridgehead atoms. The van der Waals surface area contributed by atoms with Crippen LogP contribution in [0.1, 0.15) is 60.2 Å². The molecule has 0 atom stereocenters. The van der Waals surface area contributed by atoms with E-state index in [1.165, 1.54) is 13.8 Å². The van der Waals surface area contributed by atoms with Crippen LogP contribution >= 0.6 is 0 Å². The monoisotopic (exact) mass is 446 g/mol. The van der Waals surface area contributed by atoms with E-state index in [9.17, 15) is 28.8 Å². The molecular weight excluding hydrogens is 416 g/mol. The van der Waals surface area contributed by atoms with Crippen LogP contribution in [-0.2, 0) is 19.2 Å². The Hall–Kier alpha value is -3.56. The van der Waals surface area contributed by atoms with Gasteiger partial charge in [0, 0.05) is 51.2 Å². The lowest BCUT2D eigenvalue weighted by Crippen LogP contribution is -2.30. The van der Waals surface area contributed by atoms with Crippen LogP contribution in [0.4, 0.5) is 0 Å². The number of carbonyl (C=O) groups excluding carboxylic acids is 6. The highest BCUT2D eigenvalue weighted by Gasteiger charge is 2.10. The van der Waals surface area contributed by atoms with Gasteiger partial charge < -0.3 is 10.6 Å². The molecule has 0 unspecified atom stereocenters. The molecule has 1 rings (SSSR count). The Balaban J connectivity index is 2.32. The van der Waals surface area contributed by atoms with Crippen molar-refractivity contribution in [3.05, 3.63) is 35.4 Å². The van der Waals surface area contributed by atoms with Gasteiger partial charge in [-0.3, -0.25) is 38.6 Å². The lowest BCUT2D eigenvalue weighted by atomic mass is 10.1. The largest absolute Gasteiger partial charge is 0.352 e. The molecule has 0 heterocycles. The smallest absolute Gasteiger partial charge is 0.251 e. The van der Waals surface area contributed by atoms with Gasteiger partial charge in [-0.05, 0) is 49.9 Å². The Morgan fingerprint density at radius 3 is 1.31 bits per heavy atom. The van der Waals surface area contributed by atoms with Gasteiger partial charge in [0.1, 0.15) is 0 Å². The molecule has 6 amide bonds. The fraction of sp³-hybridized carbons (Fsp3) is 0.455. The van der Waals surface area contributed by atoms with Crippen molar-refractivity contribution < 1.29 is 28.8 Å². The summed E-state index contributed by atoms with van der Waals surface area (Å²) in [5.41, 5.74) is 0.830. The average Bonchev–Trinajstić information content (AvgIpc) is 2.77. The van der Waals surface area contributed by atoms with E-state index in [-0.39, 0.29) is 23.6 Å². The molecule has 0 spiro atoms. The molecule has 1 aromatic carbocycles. The Bertz CT molecular complexity index is 742. The number of nitrogens with zero attached hydrogens (tertiary/aromatic N) is 2. The summed E-state index contributed by atoms with van der Waals surface area (Å²) in [5, 5.41) is 5.51. The minimum Gasteiger partial charge on any atom is -0.352 e. The van der Waals surface area contributed by atoms with Crippen LogP contribution in [0.2, 0.25) is 0 Å². The molecule has 0 aliphatic carbocycles. The normalized spacial score (nSPS) is 10.1. The summed E-state index contributed by atoms with van der Waals surface area (Å²) in [5.74, 6) is -1.18. The summed E-state index contributed by atoms with van der Waals surface area (Å²) in [6.07, 6.45) is 3.38. The quantitative estimate of drug-likeness (QED) is 0.320. The van der Waals surface area contributed by atoms with Gasteiger partial charge in [0.15, 0.2) is 0 Å². The molecule has 10 heteroatoms. The minimum atomic E-state index is -0.314. The lowest BCUT2D eigenvalue weighted by molar-refractivity contribution is -0.138. The van der Waals surface area contributed by atoms with Gasteiger partial charge in [-0.1, -0.05) is 0 Å². The molecule has 0 fully saturated rings. The maximum absolute atomic E-state index is 12.2. The average molecular weight is 447 g/mol. The molecule has 0 aliphatic rings. The second-order valence-electron chi connectivity index (χ2n) is 7.14. The summed E-state index contributed by atoms with van der Waals surface area (Å²) in [6.45, 7) is 4.06. The van der Waals surface area contributed by atoms with Crippen LogP contribution in [-0.4, -0.2) is 72.4 Å². The van der Waals surface area contributed by atoms with Gasteiger partial charge in [-0.25, -0.2) is 0 Å². The number of unbranched alkanes of at least 4 members (excludes halogenated alkanes) is 2. The van der Waals surface area contributed by atoms with Gasteiger partial charge in [-0.15, -0.1) is 0 Å². The van der Waals surface area contributed by atoms with E-state index in [1.54, 1.807) is 24.3 Å². The van der Waals surface area contributed by atoms with Crippen LogP contribution in [0.15, 0.2) is 24.3 Å². The van der Waals surface area contributed by atoms with Gasteiger partial charge >= 0.3 is 0 Å². The van der Waals surface area contributed by atoms with Crippen molar-refractivity contribution in [2.24, 2.45) is 0 Å². The fourth-order valence-corrected chi connectivity index (χ4v) is 2.76. The second-order valence-corrected chi connectivity index (χ2v) is 7.14. The number of carbonyl (C=O) groups is 6. The Labute approximate surface area is 187 Å². The van der Waals surface area contributed by atoms with Crippen LogP contribution in [0.3, 0.4) is 0 Å². The highest BCUT2D eigenvalue weighted by Crippen LogP contribution is 2.05. The number of imide groups is 2. The van der Waals surface area contributed by atoms with Crippen LogP contribution < -0.4 is 10.6 Å². The second kappa shape index (κ2) is 14.4. The van der Waals surface area contributed by atoms with Crippen molar-refractivity contribution in [3.8, 4) is 0 Å². The van der Waals surface area contributed by atoms with Gasteiger partial charge in [0.05, 0.1) is 0 Å². The Kier molecular flexibility index (Phi) is 12.0. The summed E-state index contributed by atoms with van der Waals surface area (Å²) in [7, 11) is 0. The molecule has 0 radical (unpaired) electrons. The highest BCUT2D eigenvalue weighted by molar-refractivity contribution is 5.97. The first kappa shape index (κ1) is 26.5. The Morgan fingerprint density at radius 2 is 1.03 bits per heavy atom. The predicted octanol–water partition coefficient (Wildman–Crippen LogP) is 0.716. The first-order chi connectivity index (χ1) is 15.3. The predicted molar refractivity (Wildman–Crippen MR) is 116 cm³/mol. The molecule has 0 saturated heterocycles. The van der Waals surface area contributed by atoms with Crippen molar-refractivity contribution >= 4 is 36.4 Å². The first-order valence-corrected chi connectivity index (χ1v) is 10.4. The van der Waals surface area contributed by atoms with E-state index < -0.39 is 0 Å². The van der Waals surface area contributed by atoms with Crippen molar-refractivity contribution in [2.75, 3.05) is 26.2 Å². The fourth-order valence-electron chi connectivity index (χ4n) is 2.76. The number of hydrogen-bond acceptors (Lipinski definition) is 6. The molecule has 0 aromatic heterocycles. The molecule has 174 valence electrons. The number of hydrogen-bond donors (Lipinski definition) is 2. The van der Waals surface area contributed by atoms with Crippen LogP contribution in [0.25, 0.3) is 0 Å². The number of nitrogens with one attached hydrogen (secondary N) is 2. The third-order valence-electron chi connectivity index (χ3n) is 4.70. The van der Waals surface area contributed by atoms with E-state index in [1.807, 2.05) is 0 Å². The molecule has 32 heavy (non-hydrogen) atoms. The van der Waals surface area contributed by atoms with Crippen molar-refractivity contribution in [2.45, 2.75) is 39.5 Å². The summed E-state index contributed by atoms with van der Waals surface area (Å²) in [4.78, 5) is 70.2. The molecule has 10 nitrogen and oxygen atoms in total. The standard InChI is InChI=1S/C22H30N4O6/c1-17(29)25(15-27)13-5-3-11-23-21(31)19-7-9-20(10-8-19)22(32)24-12-4-6-14-26(16-28)18(2)30/h7-10,15-16H,3-6,11-14H2,1-2H3,(H,23,31)(H,24,32). The first-order valence-electron chi connectivity index (χ1n) is 10.4. The van der Waals surface area contributed by atoms with Crippen LogP contribution in [0.5, 0.6) is 0 Å². The maximum atomic E-state index is 12.2. The molecular formula is C22H30N4O6. The Morgan fingerprint density at radius 1 is 0.688 bits per heavy atom. The summed E-state index contributed by atoms with van der Waals surface area (Å²) < 4.78 is 0. The molecule has 0 saturated carbocycles.